The lowest BCUT2D eigenvalue weighted by Crippen LogP contribution is -2.34. The minimum atomic E-state index is -0.155. The predicted octanol–water partition coefficient (Wildman–Crippen LogP) is 3.99. The smallest absolute Gasteiger partial charge is 0.323 e. The zero-order chi connectivity index (χ0) is 18.5. The summed E-state index contributed by atoms with van der Waals surface area (Å²) in [6, 6.07) is 12.8. The van der Waals surface area contributed by atoms with Crippen LogP contribution >= 0.6 is 11.8 Å². The summed E-state index contributed by atoms with van der Waals surface area (Å²) in [6.07, 6.45) is 0. The van der Waals surface area contributed by atoms with E-state index in [4.69, 9.17) is 14.2 Å². The largest absolute Gasteiger partial charge is 0.497 e. The third-order valence-electron chi connectivity index (χ3n) is 4.18. The fourth-order valence-corrected chi connectivity index (χ4v) is 4.13. The van der Waals surface area contributed by atoms with Crippen molar-refractivity contribution in [1.29, 1.82) is 0 Å². The van der Waals surface area contributed by atoms with Gasteiger partial charge >= 0.3 is 6.03 Å². The van der Waals surface area contributed by atoms with E-state index in [0.29, 0.717) is 18.0 Å². The maximum atomic E-state index is 12.8. The Hall–Kier alpha value is -2.54. The van der Waals surface area contributed by atoms with Crippen LogP contribution in [0.15, 0.2) is 42.5 Å². The van der Waals surface area contributed by atoms with Crippen LogP contribution in [0.3, 0.4) is 0 Å². The van der Waals surface area contributed by atoms with E-state index in [-0.39, 0.29) is 11.4 Å². The molecule has 1 heterocycles. The number of amides is 2. The highest BCUT2D eigenvalue weighted by molar-refractivity contribution is 7.99. The van der Waals surface area contributed by atoms with Gasteiger partial charge in [-0.2, -0.15) is 0 Å². The van der Waals surface area contributed by atoms with E-state index in [1.54, 1.807) is 44.1 Å². The Morgan fingerprint density at radius 3 is 2.58 bits per heavy atom. The normalized spacial score (nSPS) is 16.3. The van der Waals surface area contributed by atoms with Crippen molar-refractivity contribution in [3.05, 3.63) is 48.0 Å². The van der Waals surface area contributed by atoms with Crippen LogP contribution in [-0.2, 0) is 0 Å². The first-order valence-electron chi connectivity index (χ1n) is 8.21. The molecule has 2 amide bonds. The van der Waals surface area contributed by atoms with E-state index in [2.05, 4.69) is 5.32 Å². The van der Waals surface area contributed by atoms with Crippen molar-refractivity contribution >= 4 is 23.5 Å². The van der Waals surface area contributed by atoms with Crippen molar-refractivity contribution in [1.82, 2.24) is 4.90 Å². The Balaban J connectivity index is 1.82. The molecular formula is C19H22N2O4S. The molecule has 3 rings (SSSR count). The van der Waals surface area contributed by atoms with Gasteiger partial charge in [-0.15, -0.1) is 11.8 Å². The van der Waals surface area contributed by atoms with E-state index >= 15 is 0 Å². The average molecular weight is 374 g/mol. The van der Waals surface area contributed by atoms with Crippen LogP contribution in [0.2, 0.25) is 0 Å². The SMILES string of the molecule is COc1cccc(NC(=O)N2CCS[C@@H]2c2cc(OC)ccc2OC)c1. The molecule has 1 fully saturated rings. The molecule has 0 saturated carbocycles. The molecule has 2 aromatic carbocycles. The molecule has 6 nitrogen and oxygen atoms in total. The molecule has 26 heavy (non-hydrogen) atoms. The first-order valence-corrected chi connectivity index (χ1v) is 9.26. The van der Waals surface area contributed by atoms with Gasteiger partial charge in [0.15, 0.2) is 0 Å². The number of nitrogens with zero attached hydrogens (tertiary/aromatic N) is 1. The molecule has 1 aliphatic heterocycles. The molecule has 1 aliphatic rings. The molecule has 2 aromatic rings. The third-order valence-corrected chi connectivity index (χ3v) is 5.42. The molecule has 7 heteroatoms. The molecule has 0 bridgehead atoms. The van der Waals surface area contributed by atoms with Crippen LogP contribution in [0.1, 0.15) is 10.9 Å². The van der Waals surface area contributed by atoms with E-state index in [9.17, 15) is 4.79 Å². The molecule has 0 unspecified atom stereocenters. The van der Waals surface area contributed by atoms with E-state index in [0.717, 1.165) is 22.8 Å². The highest BCUT2D eigenvalue weighted by Gasteiger charge is 2.33. The summed E-state index contributed by atoms with van der Waals surface area (Å²) in [5, 5.41) is 2.81. The first kappa shape index (κ1) is 18.3. The second-order valence-electron chi connectivity index (χ2n) is 5.69. The lowest BCUT2D eigenvalue weighted by atomic mass is 10.1. The molecule has 0 radical (unpaired) electrons. The van der Waals surface area contributed by atoms with E-state index in [1.165, 1.54) is 0 Å². The highest BCUT2D eigenvalue weighted by atomic mass is 32.2. The number of carbonyl (C=O) groups excluding carboxylic acids is 1. The van der Waals surface area contributed by atoms with Crippen LogP contribution in [0.4, 0.5) is 10.5 Å². The minimum Gasteiger partial charge on any atom is -0.497 e. The zero-order valence-electron chi connectivity index (χ0n) is 15.0. The number of nitrogens with one attached hydrogen (secondary N) is 1. The number of thioether (sulfide) groups is 1. The van der Waals surface area contributed by atoms with Crippen molar-refractivity contribution < 1.29 is 19.0 Å². The minimum absolute atomic E-state index is 0.134. The number of carbonyl (C=O) groups is 1. The summed E-state index contributed by atoms with van der Waals surface area (Å²) in [7, 11) is 4.86. The van der Waals surface area contributed by atoms with Gasteiger partial charge in [-0.25, -0.2) is 4.79 Å². The first-order chi connectivity index (χ1) is 12.7. The monoisotopic (exact) mass is 374 g/mol. The molecule has 0 aliphatic carbocycles. The zero-order valence-corrected chi connectivity index (χ0v) is 15.8. The van der Waals surface area contributed by atoms with Gasteiger partial charge in [-0.1, -0.05) is 6.07 Å². The summed E-state index contributed by atoms with van der Waals surface area (Å²) < 4.78 is 16.0. The van der Waals surface area contributed by atoms with Crippen LogP contribution in [0, 0.1) is 0 Å². The maximum absolute atomic E-state index is 12.8. The number of ether oxygens (including phenoxy) is 3. The molecule has 1 N–H and O–H groups in total. The highest BCUT2D eigenvalue weighted by Crippen LogP contribution is 2.43. The second kappa shape index (κ2) is 8.23. The van der Waals surface area contributed by atoms with Gasteiger partial charge in [0.05, 0.1) is 21.3 Å². The molecule has 138 valence electrons. The van der Waals surface area contributed by atoms with Gasteiger partial charge in [-0.05, 0) is 30.3 Å². The molecule has 0 aromatic heterocycles. The number of hydrogen-bond acceptors (Lipinski definition) is 5. The van der Waals surface area contributed by atoms with Crippen LogP contribution in [0.5, 0.6) is 17.2 Å². The summed E-state index contributed by atoms with van der Waals surface area (Å²) in [4.78, 5) is 14.6. The van der Waals surface area contributed by atoms with Gasteiger partial charge < -0.3 is 24.4 Å². The third kappa shape index (κ3) is 3.83. The molecular weight excluding hydrogens is 352 g/mol. The molecule has 1 atom stereocenters. The van der Waals surface area contributed by atoms with Crippen LogP contribution in [-0.4, -0.2) is 44.6 Å². The summed E-state index contributed by atoms with van der Waals surface area (Å²) in [6.45, 7) is 0.658. The molecule has 1 saturated heterocycles. The quantitative estimate of drug-likeness (QED) is 0.857. The number of urea groups is 1. The second-order valence-corrected chi connectivity index (χ2v) is 6.87. The van der Waals surface area contributed by atoms with Gasteiger partial charge in [0.1, 0.15) is 22.6 Å². The Morgan fingerprint density at radius 2 is 1.85 bits per heavy atom. The fraction of sp³-hybridized carbons (Fsp3) is 0.316. The summed E-state index contributed by atoms with van der Waals surface area (Å²) in [5.41, 5.74) is 1.62. The molecule has 0 spiro atoms. The van der Waals surface area contributed by atoms with Crippen molar-refractivity contribution in [2.24, 2.45) is 0 Å². The predicted molar refractivity (Wildman–Crippen MR) is 103 cm³/mol. The van der Waals surface area contributed by atoms with E-state index < -0.39 is 0 Å². The Bertz CT molecular complexity index is 784. The number of methoxy groups -OCH3 is 3. The van der Waals surface area contributed by atoms with Gasteiger partial charge in [0.2, 0.25) is 0 Å². The van der Waals surface area contributed by atoms with Crippen molar-refractivity contribution in [2.45, 2.75) is 5.37 Å². The lowest BCUT2D eigenvalue weighted by molar-refractivity contribution is 0.213. The average Bonchev–Trinajstić information content (AvgIpc) is 3.17. The fourth-order valence-electron chi connectivity index (χ4n) is 2.86. The standard InChI is InChI=1S/C19H22N2O4S/c1-23-14-6-4-5-13(11-14)20-19(22)21-9-10-26-18(21)16-12-15(24-2)7-8-17(16)25-3/h4-8,11-12,18H,9-10H2,1-3H3,(H,20,22)/t18-/m1/s1. The van der Waals surface area contributed by atoms with E-state index in [1.807, 2.05) is 36.4 Å². The Kier molecular flexibility index (Phi) is 5.78. The van der Waals surface area contributed by atoms with Crippen LogP contribution in [0.25, 0.3) is 0 Å². The lowest BCUT2D eigenvalue weighted by Gasteiger charge is -2.26. The number of anilines is 1. The number of benzene rings is 2. The van der Waals surface area contributed by atoms with Crippen LogP contribution < -0.4 is 19.5 Å². The number of hydrogen-bond donors (Lipinski definition) is 1. The topological polar surface area (TPSA) is 60.0 Å². The van der Waals surface area contributed by atoms with Crippen molar-refractivity contribution in [3.63, 3.8) is 0 Å². The van der Waals surface area contributed by atoms with Gasteiger partial charge in [0, 0.05) is 29.6 Å². The number of rotatable bonds is 5. The van der Waals surface area contributed by atoms with Gasteiger partial charge in [0.25, 0.3) is 0 Å². The summed E-state index contributed by atoms with van der Waals surface area (Å²) >= 11 is 1.70. The summed E-state index contributed by atoms with van der Waals surface area (Å²) in [5.74, 6) is 3.03. The van der Waals surface area contributed by atoms with Gasteiger partial charge in [-0.3, -0.25) is 0 Å². The van der Waals surface area contributed by atoms with Crippen molar-refractivity contribution in [3.8, 4) is 17.2 Å². The maximum Gasteiger partial charge on any atom is 0.323 e. The Morgan fingerprint density at radius 1 is 1.08 bits per heavy atom. The Labute approximate surface area is 157 Å². The van der Waals surface area contributed by atoms with Crippen molar-refractivity contribution in [2.75, 3.05) is 38.9 Å².